The number of benzene rings is 1. The fraction of sp³-hybridized carbons (Fsp3) is 0.222. The molecule has 0 saturated carbocycles. The maximum absolute atomic E-state index is 12.7. The molecule has 0 bridgehead atoms. The van der Waals surface area contributed by atoms with Crippen molar-refractivity contribution in [2.75, 3.05) is 0 Å². The quantitative estimate of drug-likeness (QED) is 0.736. The zero-order valence-corrected chi connectivity index (χ0v) is 7.22. The molecule has 0 N–H and O–H groups in total. The molecule has 0 atom stereocenters. The van der Waals surface area contributed by atoms with Crippen molar-refractivity contribution in [2.24, 2.45) is 0 Å². The maximum Gasteiger partial charge on any atom is 0.387 e. The van der Waals surface area contributed by atoms with Crippen LogP contribution in [0.2, 0.25) is 0 Å². The van der Waals surface area contributed by atoms with E-state index in [1.807, 2.05) is 0 Å². The van der Waals surface area contributed by atoms with Crippen LogP contribution in [-0.4, -0.2) is 6.61 Å². The molecule has 74 valence electrons. The van der Waals surface area contributed by atoms with Crippen LogP contribution < -0.4 is 4.74 Å². The van der Waals surface area contributed by atoms with Crippen molar-refractivity contribution in [2.45, 2.75) is 13.5 Å². The Morgan fingerprint density at radius 3 is 2.57 bits per heavy atom. The molecular formula is C9H6F3NO. The number of alkyl halides is 2. The number of hydrogen-bond acceptors (Lipinski definition) is 2. The second-order valence-corrected chi connectivity index (χ2v) is 2.59. The minimum atomic E-state index is -3.02. The summed E-state index contributed by atoms with van der Waals surface area (Å²) < 4.78 is 40.6. The molecule has 1 rings (SSSR count). The summed E-state index contributed by atoms with van der Waals surface area (Å²) in [6, 6.07) is 3.46. The molecule has 14 heavy (non-hydrogen) atoms. The van der Waals surface area contributed by atoms with E-state index in [0.29, 0.717) is 0 Å². The van der Waals surface area contributed by atoms with E-state index in [-0.39, 0.29) is 16.9 Å². The minimum absolute atomic E-state index is 0.168. The van der Waals surface area contributed by atoms with E-state index in [4.69, 9.17) is 5.26 Å². The van der Waals surface area contributed by atoms with Gasteiger partial charge in [0.1, 0.15) is 17.6 Å². The Morgan fingerprint density at radius 2 is 2.07 bits per heavy atom. The van der Waals surface area contributed by atoms with Gasteiger partial charge >= 0.3 is 6.61 Å². The van der Waals surface area contributed by atoms with E-state index in [9.17, 15) is 13.2 Å². The molecule has 0 radical (unpaired) electrons. The van der Waals surface area contributed by atoms with Gasteiger partial charge in [0.2, 0.25) is 0 Å². The van der Waals surface area contributed by atoms with Crippen molar-refractivity contribution >= 4 is 0 Å². The van der Waals surface area contributed by atoms with Crippen LogP contribution in [0.5, 0.6) is 5.75 Å². The Labute approximate surface area is 78.5 Å². The molecule has 5 heteroatoms. The van der Waals surface area contributed by atoms with Gasteiger partial charge < -0.3 is 4.74 Å². The number of aryl methyl sites for hydroxylation is 1. The van der Waals surface area contributed by atoms with Gasteiger partial charge in [-0.2, -0.15) is 14.0 Å². The van der Waals surface area contributed by atoms with Crippen molar-refractivity contribution in [1.82, 2.24) is 0 Å². The normalized spacial score (nSPS) is 10.0. The van der Waals surface area contributed by atoms with E-state index in [1.165, 1.54) is 6.92 Å². The molecule has 2 nitrogen and oxygen atoms in total. The monoisotopic (exact) mass is 201 g/mol. The average molecular weight is 201 g/mol. The van der Waals surface area contributed by atoms with Crippen LogP contribution in [0.25, 0.3) is 0 Å². The van der Waals surface area contributed by atoms with Gasteiger partial charge in [0, 0.05) is 0 Å². The fourth-order valence-electron chi connectivity index (χ4n) is 1.06. The van der Waals surface area contributed by atoms with Crippen LogP contribution in [0, 0.1) is 24.1 Å². The molecule has 0 fully saturated rings. The fourth-order valence-corrected chi connectivity index (χ4v) is 1.06. The van der Waals surface area contributed by atoms with E-state index < -0.39 is 12.4 Å². The Balaban J connectivity index is 3.20. The molecule has 0 aromatic heterocycles. The second-order valence-electron chi connectivity index (χ2n) is 2.59. The van der Waals surface area contributed by atoms with Crippen LogP contribution in [0.3, 0.4) is 0 Å². The number of nitriles is 1. The third-order valence-corrected chi connectivity index (χ3v) is 1.57. The number of halogens is 3. The lowest BCUT2D eigenvalue weighted by Gasteiger charge is -2.09. The molecule has 0 aliphatic heterocycles. The van der Waals surface area contributed by atoms with Crippen molar-refractivity contribution in [3.05, 3.63) is 29.1 Å². The smallest absolute Gasteiger partial charge is 0.387 e. The number of ether oxygens (including phenoxy) is 1. The zero-order chi connectivity index (χ0) is 10.7. The lowest BCUT2D eigenvalue weighted by Crippen LogP contribution is -2.05. The summed E-state index contributed by atoms with van der Waals surface area (Å²) in [5.74, 6) is -0.926. The van der Waals surface area contributed by atoms with E-state index in [0.717, 1.165) is 12.1 Å². The maximum atomic E-state index is 12.7. The van der Waals surface area contributed by atoms with Crippen LogP contribution in [0.1, 0.15) is 11.1 Å². The third kappa shape index (κ3) is 2.16. The van der Waals surface area contributed by atoms with Gasteiger partial charge in [0.05, 0.1) is 5.56 Å². The van der Waals surface area contributed by atoms with Crippen LogP contribution >= 0.6 is 0 Å². The summed E-state index contributed by atoms with van der Waals surface area (Å²) >= 11 is 0. The SMILES string of the molecule is Cc1cc(F)cc(C#N)c1OC(F)F. The lowest BCUT2D eigenvalue weighted by atomic mass is 10.1. The summed E-state index contributed by atoms with van der Waals surface area (Å²) in [5, 5.41) is 8.54. The second kappa shape index (κ2) is 4.01. The molecule has 0 saturated heterocycles. The zero-order valence-electron chi connectivity index (χ0n) is 7.22. The number of nitrogens with zero attached hydrogens (tertiary/aromatic N) is 1. The predicted molar refractivity (Wildman–Crippen MR) is 42.5 cm³/mol. The largest absolute Gasteiger partial charge is 0.433 e. The Hall–Kier alpha value is -1.70. The molecule has 0 aliphatic rings. The van der Waals surface area contributed by atoms with Crippen LogP contribution in [-0.2, 0) is 0 Å². The first-order chi connectivity index (χ1) is 6.54. The highest BCUT2D eigenvalue weighted by molar-refractivity contribution is 5.48. The molecule has 1 aromatic carbocycles. The third-order valence-electron chi connectivity index (χ3n) is 1.57. The minimum Gasteiger partial charge on any atom is -0.433 e. The summed E-state index contributed by atoms with van der Waals surface area (Å²) in [7, 11) is 0. The van der Waals surface area contributed by atoms with Crippen LogP contribution in [0.15, 0.2) is 12.1 Å². The van der Waals surface area contributed by atoms with Gasteiger partial charge in [-0.15, -0.1) is 0 Å². The Morgan fingerprint density at radius 1 is 1.43 bits per heavy atom. The Kier molecular flexibility index (Phi) is 2.97. The summed E-state index contributed by atoms with van der Waals surface area (Å²) in [6.07, 6.45) is 0. The van der Waals surface area contributed by atoms with Gasteiger partial charge in [-0.1, -0.05) is 0 Å². The molecule has 0 heterocycles. The number of rotatable bonds is 2. The molecule has 0 spiro atoms. The highest BCUT2D eigenvalue weighted by Gasteiger charge is 2.13. The van der Waals surface area contributed by atoms with Crippen molar-refractivity contribution in [1.29, 1.82) is 5.26 Å². The standard InChI is InChI=1S/C9H6F3NO/c1-5-2-7(10)3-6(4-13)8(5)14-9(11)12/h2-3,9H,1H3. The summed E-state index contributed by atoms with van der Waals surface area (Å²) in [6.45, 7) is -1.63. The van der Waals surface area contributed by atoms with Crippen LogP contribution in [0.4, 0.5) is 13.2 Å². The molecular weight excluding hydrogens is 195 g/mol. The summed E-state index contributed by atoms with van der Waals surface area (Å²) in [5.41, 5.74) is -0.0651. The molecule has 0 unspecified atom stereocenters. The highest BCUT2D eigenvalue weighted by Crippen LogP contribution is 2.25. The van der Waals surface area contributed by atoms with E-state index in [2.05, 4.69) is 4.74 Å². The van der Waals surface area contributed by atoms with Crippen molar-refractivity contribution in [3.63, 3.8) is 0 Å². The highest BCUT2D eigenvalue weighted by atomic mass is 19.3. The van der Waals surface area contributed by atoms with E-state index >= 15 is 0 Å². The van der Waals surface area contributed by atoms with Crippen molar-refractivity contribution in [3.8, 4) is 11.8 Å². The molecule has 1 aromatic rings. The van der Waals surface area contributed by atoms with Gasteiger partial charge in [0.15, 0.2) is 0 Å². The van der Waals surface area contributed by atoms with Crippen molar-refractivity contribution < 1.29 is 17.9 Å². The van der Waals surface area contributed by atoms with Gasteiger partial charge in [-0.3, -0.25) is 0 Å². The first-order valence-electron chi connectivity index (χ1n) is 3.69. The van der Waals surface area contributed by atoms with Gasteiger partial charge in [-0.05, 0) is 24.6 Å². The predicted octanol–water partition coefficient (Wildman–Crippen LogP) is 2.61. The average Bonchev–Trinajstić information content (AvgIpc) is 2.08. The number of hydrogen-bond donors (Lipinski definition) is 0. The van der Waals surface area contributed by atoms with Gasteiger partial charge in [-0.25, -0.2) is 4.39 Å². The summed E-state index contributed by atoms with van der Waals surface area (Å²) in [4.78, 5) is 0. The van der Waals surface area contributed by atoms with E-state index in [1.54, 1.807) is 6.07 Å². The topological polar surface area (TPSA) is 33.0 Å². The van der Waals surface area contributed by atoms with Gasteiger partial charge in [0.25, 0.3) is 0 Å². The lowest BCUT2D eigenvalue weighted by molar-refractivity contribution is -0.0505. The first-order valence-corrected chi connectivity index (χ1v) is 3.69. The first kappa shape index (κ1) is 10.4. The Bertz CT molecular complexity index is 384. The molecule has 0 amide bonds. The molecule has 0 aliphatic carbocycles.